The van der Waals surface area contributed by atoms with Gasteiger partial charge in [-0.1, -0.05) is 18.2 Å². The molecule has 0 aliphatic carbocycles. The van der Waals surface area contributed by atoms with Crippen LogP contribution in [-0.4, -0.2) is 60.7 Å². The fraction of sp³-hybridized carbons (Fsp3) is 0.350. The SMILES string of the molecule is CN1CCC(Nc2nc(N)c3ccc(-c4ccccc4S(C)(=O)=O)nc3n2)CC1. The standard InChI is InChI=1S/C20H24N6O2S/c1-26-11-9-13(10-12-26)22-20-24-18(21)15-7-8-16(23-19(15)25-20)14-5-3-4-6-17(14)29(2,27)28/h3-8,13H,9-12H2,1-2H3,(H3,21,22,23,24,25). The Kier molecular flexibility index (Phi) is 5.10. The van der Waals surface area contributed by atoms with E-state index in [1.54, 1.807) is 36.4 Å². The van der Waals surface area contributed by atoms with Crippen LogP contribution in [0.3, 0.4) is 0 Å². The van der Waals surface area contributed by atoms with Crippen molar-refractivity contribution >= 4 is 32.6 Å². The summed E-state index contributed by atoms with van der Waals surface area (Å²) in [5, 5.41) is 4.00. The van der Waals surface area contributed by atoms with Crippen molar-refractivity contribution in [2.75, 3.05) is 37.4 Å². The molecule has 0 radical (unpaired) electrons. The number of anilines is 2. The van der Waals surface area contributed by atoms with E-state index in [0.29, 0.717) is 34.1 Å². The molecule has 3 aromatic rings. The van der Waals surface area contributed by atoms with Gasteiger partial charge in [0, 0.05) is 17.9 Å². The minimum Gasteiger partial charge on any atom is -0.383 e. The summed E-state index contributed by atoms with van der Waals surface area (Å²) in [5.74, 6) is 0.798. The largest absolute Gasteiger partial charge is 0.383 e. The summed E-state index contributed by atoms with van der Waals surface area (Å²) in [6.45, 7) is 2.04. The Morgan fingerprint density at radius 3 is 2.52 bits per heavy atom. The normalized spacial score (nSPS) is 16.2. The average Bonchev–Trinajstić information content (AvgIpc) is 2.69. The predicted octanol–water partition coefficient (Wildman–Crippen LogP) is 2.18. The molecule has 4 rings (SSSR count). The smallest absolute Gasteiger partial charge is 0.226 e. The van der Waals surface area contributed by atoms with Crippen molar-refractivity contribution in [3.05, 3.63) is 36.4 Å². The molecule has 0 amide bonds. The molecular weight excluding hydrogens is 388 g/mol. The van der Waals surface area contributed by atoms with Gasteiger partial charge in [-0.3, -0.25) is 0 Å². The number of sulfone groups is 1. The van der Waals surface area contributed by atoms with E-state index in [1.165, 1.54) is 6.26 Å². The number of rotatable bonds is 4. The lowest BCUT2D eigenvalue weighted by atomic mass is 10.1. The Labute approximate surface area is 170 Å². The number of nitrogen functional groups attached to an aromatic ring is 1. The third kappa shape index (κ3) is 4.15. The zero-order valence-electron chi connectivity index (χ0n) is 16.5. The van der Waals surface area contributed by atoms with Gasteiger partial charge in [0.15, 0.2) is 15.5 Å². The monoisotopic (exact) mass is 412 g/mol. The van der Waals surface area contributed by atoms with Gasteiger partial charge in [-0.05, 0) is 51.2 Å². The third-order valence-corrected chi connectivity index (χ3v) is 6.36. The quantitative estimate of drug-likeness (QED) is 0.670. The number of hydrogen-bond donors (Lipinski definition) is 2. The van der Waals surface area contributed by atoms with Crippen LogP contribution in [0.1, 0.15) is 12.8 Å². The number of hydrogen-bond acceptors (Lipinski definition) is 8. The molecule has 9 heteroatoms. The highest BCUT2D eigenvalue weighted by Crippen LogP contribution is 2.28. The molecule has 0 unspecified atom stereocenters. The molecule has 29 heavy (non-hydrogen) atoms. The number of nitrogens with zero attached hydrogens (tertiary/aromatic N) is 4. The van der Waals surface area contributed by atoms with E-state index in [2.05, 4.69) is 32.2 Å². The molecule has 1 aliphatic rings. The second-order valence-corrected chi connectivity index (χ2v) is 9.47. The number of likely N-dealkylation sites (tertiary alicyclic amines) is 1. The second kappa shape index (κ2) is 7.57. The maximum atomic E-state index is 12.2. The number of pyridine rings is 1. The first-order valence-electron chi connectivity index (χ1n) is 9.50. The molecule has 0 atom stereocenters. The first kappa shape index (κ1) is 19.5. The Morgan fingerprint density at radius 2 is 1.79 bits per heavy atom. The van der Waals surface area contributed by atoms with Gasteiger partial charge in [-0.2, -0.15) is 9.97 Å². The molecule has 1 aromatic carbocycles. The molecule has 1 aliphatic heterocycles. The first-order chi connectivity index (χ1) is 13.8. The highest BCUT2D eigenvalue weighted by atomic mass is 32.2. The summed E-state index contributed by atoms with van der Waals surface area (Å²) in [6, 6.07) is 10.6. The fourth-order valence-corrected chi connectivity index (χ4v) is 4.48. The number of nitrogens with one attached hydrogen (secondary N) is 1. The predicted molar refractivity (Wildman–Crippen MR) is 114 cm³/mol. The van der Waals surface area contributed by atoms with Gasteiger partial charge in [0.2, 0.25) is 5.95 Å². The molecule has 0 spiro atoms. The zero-order valence-corrected chi connectivity index (χ0v) is 17.3. The van der Waals surface area contributed by atoms with Crippen LogP contribution >= 0.6 is 0 Å². The number of fused-ring (bicyclic) bond motifs is 1. The Hall–Kier alpha value is -2.78. The number of nitrogens with two attached hydrogens (primary N) is 1. The Bertz CT molecular complexity index is 1160. The van der Waals surface area contributed by atoms with Crippen molar-refractivity contribution < 1.29 is 8.42 Å². The van der Waals surface area contributed by atoms with Crippen molar-refractivity contribution in [3.63, 3.8) is 0 Å². The van der Waals surface area contributed by atoms with E-state index < -0.39 is 9.84 Å². The Balaban J connectivity index is 1.72. The molecule has 3 heterocycles. The molecule has 0 bridgehead atoms. The van der Waals surface area contributed by atoms with Gasteiger partial charge in [0.05, 0.1) is 16.0 Å². The van der Waals surface area contributed by atoms with Gasteiger partial charge in [-0.15, -0.1) is 0 Å². The second-order valence-electron chi connectivity index (χ2n) is 7.49. The van der Waals surface area contributed by atoms with Crippen LogP contribution in [0.25, 0.3) is 22.3 Å². The van der Waals surface area contributed by atoms with Crippen LogP contribution in [-0.2, 0) is 9.84 Å². The number of benzene rings is 1. The molecule has 1 fully saturated rings. The highest BCUT2D eigenvalue weighted by Gasteiger charge is 2.19. The summed E-state index contributed by atoms with van der Waals surface area (Å²) >= 11 is 0. The van der Waals surface area contributed by atoms with Crippen LogP contribution in [0, 0.1) is 0 Å². The van der Waals surface area contributed by atoms with Crippen LogP contribution in [0.15, 0.2) is 41.3 Å². The highest BCUT2D eigenvalue weighted by molar-refractivity contribution is 7.90. The van der Waals surface area contributed by atoms with Crippen LogP contribution in [0.4, 0.5) is 11.8 Å². The lowest BCUT2D eigenvalue weighted by Gasteiger charge is -2.29. The fourth-order valence-electron chi connectivity index (χ4n) is 3.58. The summed E-state index contributed by atoms with van der Waals surface area (Å²) < 4.78 is 24.3. The van der Waals surface area contributed by atoms with E-state index in [4.69, 9.17) is 5.73 Å². The van der Waals surface area contributed by atoms with Crippen molar-refractivity contribution in [2.24, 2.45) is 0 Å². The lowest BCUT2D eigenvalue weighted by Crippen LogP contribution is -2.37. The summed E-state index contributed by atoms with van der Waals surface area (Å²) in [5.41, 5.74) is 7.65. The summed E-state index contributed by atoms with van der Waals surface area (Å²) in [4.78, 5) is 16.1. The van der Waals surface area contributed by atoms with Crippen LogP contribution in [0.2, 0.25) is 0 Å². The Morgan fingerprint density at radius 1 is 1.07 bits per heavy atom. The molecule has 3 N–H and O–H groups in total. The van der Waals surface area contributed by atoms with Gasteiger partial charge in [-0.25, -0.2) is 13.4 Å². The molecule has 0 saturated carbocycles. The lowest BCUT2D eigenvalue weighted by molar-refractivity contribution is 0.263. The van der Waals surface area contributed by atoms with E-state index in [-0.39, 0.29) is 10.9 Å². The van der Waals surface area contributed by atoms with E-state index in [0.717, 1.165) is 25.9 Å². The number of piperidine rings is 1. The van der Waals surface area contributed by atoms with Crippen LogP contribution < -0.4 is 11.1 Å². The van der Waals surface area contributed by atoms with Gasteiger partial charge < -0.3 is 16.0 Å². The maximum Gasteiger partial charge on any atom is 0.226 e. The number of aromatic nitrogens is 3. The zero-order chi connectivity index (χ0) is 20.6. The maximum absolute atomic E-state index is 12.2. The van der Waals surface area contributed by atoms with Crippen molar-refractivity contribution in [1.82, 2.24) is 19.9 Å². The van der Waals surface area contributed by atoms with E-state index in [9.17, 15) is 8.42 Å². The van der Waals surface area contributed by atoms with E-state index >= 15 is 0 Å². The van der Waals surface area contributed by atoms with Gasteiger partial charge in [0.1, 0.15) is 5.82 Å². The van der Waals surface area contributed by atoms with Crippen molar-refractivity contribution in [3.8, 4) is 11.3 Å². The molecule has 152 valence electrons. The molecule has 2 aromatic heterocycles. The average molecular weight is 413 g/mol. The van der Waals surface area contributed by atoms with Crippen molar-refractivity contribution in [2.45, 2.75) is 23.8 Å². The molecule has 8 nitrogen and oxygen atoms in total. The van der Waals surface area contributed by atoms with Crippen LogP contribution in [0.5, 0.6) is 0 Å². The minimum atomic E-state index is -3.39. The van der Waals surface area contributed by atoms with Gasteiger partial charge >= 0.3 is 0 Å². The third-order valence-electron chi connectivity index (χ3n) is 5.20. The first-order valence-corrected chi connectivity index (χ1v) is 11.4. The molecular formula is C20H24N6O2S. The summed E-state index contributed by atoms with van der Waals surface area (Å²) in [6.07, 6.45) is 3.21. The topological polar surface area (TPSA) is 114 Å². The minimum absolute atomic E-state index is 0.235. The van der Waals surface area contributed by atoms with Crippen molar-refractivity contribution in [1.29, 1.82) is 0 Å². The molecule has 1 saturated heterocycles. The van der Waals surface area contributed by atoms with E-state index in [1.807, 2.05) is 0 Å². The van der Waals surface area contributed by atoms with Gasteiger partial charge in [0.25, 0.3) is 0 Å². The summed E-state index contributed by atoms with van der Waals surface area (Å²) in [7, 11) is -1.28.